The van der Waals surface area contributed by atoms with Gasteiger partial charge in [-0.05, 0) is 36.6 Å². The molecule has 0 fully saturated rings. The molecule has 0 aliphatic rings. The summed E-state index contributed by atoms with van der Waals surface area (Å²) in [5, 5.41) is 0. The highest BCUT2D eigenvalue weighted by Gasteiger charge is 2.14. The largest absolute Gasteiger partial charge is 0.481 e. The van der Waals surface area contributed by atoms with Gasteiger partial charge in [-0.1, -0.05) is 24.3 Å². The third-order valence-electron chi connectivity index (χ3n) is 3.22. The number of aryl methyl sites for hydroxylation is 2. The molecule has 1 unspecified atom stereocenters. The summed E-state index contributed by atoms with van der Waals surface area (Å²) < 4.78 is 5.25. The maximum absolute atomic E-state index is 6.29. The molecule has 1 heterocycles. The van der Waals surface area contributed by atoms with Crippen LogP contribution in [0.3, 0.4) is 0 Å². The van der Waals surface area contributed by atoms with Crippen LogP contribution in [-0.2, 0) is 0 Å². The van der Waals surface area contributed by atoms with E-state index in [1.54, 1.807) is 13.3 Å². The van der Waals surface area contributed by atoms with Crippen molar-refractivity contribution in [3.63, 3.8) is 0 Å². The Morgan fingerprint density at radius 3 is 2.61 bits per heavy atom. The third-order valence-corrected chi connectivity index (χ3v) is 3.22. The maximum atomic E-state index is 6.29. The molecule has 1 aromatic heterocycles. The van der Waals surface area contributed by atoms with Gasteiger partial charge in [0.2, 0.25) is 5.88 Å². The van der Waals surface area contributed by atoms with Crippen LogP contribution in [0.2, 0.25) is 0 Å². The first-order chi connectivity index (χ1) is 8.63. The average molecular weight is 242 g/mol. The van der Waals surface area contributed by atoms with Gasteiger partial charge in [-0.15, -0.1) is 0 Å². The summed E-state index contributed by atoms with van der Waals surface area (Å²) in [4.78, 5) is 4.18. The van der Waals surface area contributed by atoms with Gasteiger partial charge in [-0.25, -0.2) is 4.98 Å². The number of ether oxygens (including phenoxy) is 1. The van der Waals surface area contributed by atoms with Gasteiger partial charge in [-0.3, -0.25) is 0 Å². The van der Waals surface area contributed by atoms with E-state index in [0.29, 0.717) is 5.88 Å². The van der Waals surface area contributed by atoms with Crippen LogP contribution >= 0.6 is 0 Å². The van der Waals surface area contributed by atoms with Crippen molar-refractivity contribution in [2.75, 3.05) is 7.11 Å². The van der Waals surface area contributed by atoms with E-state index < -0.39 is 0 Å². The first-order valence-electron chi connectivity index (χ1n) is 5.95. The van der Waals surface area contributed by atoms with Crippen LogP contribution in [0, 0.1) is 13.8 Å². The van der Waals surface area contributed by atoms with E-state index in [4.69, 9.17) is 10.5 Å². The van der Waals surface area contributed by atoms with Crippen molar-refractivity contribution in [2.45, 2.75) is 19.9 Å². The molecule has 0 amide bonds. The first kappa shape index (κ1) is 12.6. The van der Waals surface area contributed by atoms with Crippen LogP contribution in [0.15, 0.2) is 36.5 Å². The summed E-state index contributed by atoms with van der Waals surface area (Å²) in [5.41, 5.74) is 10.8. The minimum absolute atomic E-state index is 0.215. The molecule has 2 N–H and O–H groups in total. The predicted molar refractivity (Wildman–Crippen MR) is 72.7 cm³/mol. The van der Waals surface area contributed by atoms with Gasteiger partial charge >= 0.3 is 0 Å². The number of pyridine rings is 1. The molecule has 1 aromatic carbocycles. The van der Waals surface area contributed by atoms with Gasteiger partial charge in [-0.2, -0.15) is 0 Å². The van der Waals surface area contributed by atoms with E-state index >= 15 is 0 Å². The summed E-state index contributed by atoms with van der Waals surface area (Å²) >= 11 is 0. The molecule has 2 aromatic rings. The summed E-state index contributed by atoms with van der Waals surface area (Å²) in [7, 11) is 1.61. The van der Waals surface area contributed by atoms with Gasteiger partial charge in [0, 0.05) is 11.8 Å². The van der Waals surface area contributed by atoms with Gasteiger partial charge in [0.15, 0.2) is 0 Å². The summed E-state index contributed by atoms with van der Waals surface area (Å²) in [6.07, 6.45) is 1.70. The second-order valence-electron chi connectivity index (χ2n) is 4.42. The van der Waals surface area contributed by atoms with Crippen molar-refractivity contribution in [1.29, 1.82) is 0 Å². The highest BCUT2D eigenvalue weighted by Crippen LogP contribution is 2.27. The minimum Gasteiger partial charge on any atom is -0.481 e. The Morgan fingerprint density at radius 2 is 1.94 bits per heavy atom. The van der Waals surface area contributed by atoms with E-state index in [9.17, 15) is 0 Å². The lowest BCUT2D eigenvalue weighted by Crippen LogP contribution is -2.14. The lowest BCUT2D eigenvalue weighted by Gasteiger charge is -2.16. The van der Waals surface area contributed by atoms with Crippen molar-refractivity contribution in [3.8, 4) is 5.88 Å². The molecule has 18 heavy (non-hydrogen) atoms. The molecule has 0 aliphatic heterocycles. The molecule has 0 radical (unpaired) electrons. The van der Waals surface area contributed by atoms with Crippen molar-refractivity contribution < 1.29 is 4.74 Å². The van der Waals surface area contributed by atoms with Crippen LogP contribution < -0.4 is 10.5 Å². The average Bonchev–Trinajstić information content (AvgIpc) is 2.41. The Hall–Kier alpha value is -1.87. The smallest absolute Gasteiger partial charge is 0.218 e. The third kappa shape index (κ3) is 2.36. The van der Waals surface area contributed by atoms with Gasteiger partial charge < -0.3 is 10.5 Å². The second-order valence-corrected chi connectivity index (χ2v) is 4.42. The standard InChI is InChI=1S/C15H18N2O/c1-10-6-7-12(9-11(10)2)14(16)13-5-4-8-17-15(13)18-3/h4-9,14H,16H2,1-3H3. The van der Waals surface area contributed by atoms with Crippen molar-refractivity contribution >= 4 is 0 Å². The number of nitrogens with two attached hydrogens (primary N) is 1. The molecule has 3 heteroatoms. The maximum Gasteiger partial charge on any atom is 0.218 e. The number of nitrogens with zero attached hydrogens (tertiary/aromatic N) is 1. The Morgan fingerprint density at radius 1 is 1.17 bits per heavy atom. The van der Waals surface area contributed by atoms with E-state index in [0.717, 1.165) is 11.1 Å². The molecule has 0 aliphatic carbocycles. The van der Waals surface area contributed by atoms with Crippen LogP contribution in [0.5, 0.6) is 5.88 Å². The van der Waals surface area contributed by atoms with Gasteiger partial charge in [0.05, 0.1) is 13.2 Å². The fourth-order valence-electron chi connectivity index (χ4n) is 1.95. The Balaban J connectivity index is 2.41. The van der Waals surface area contributed by atoms with Crippen LogP contribution in [0.1, 0.15) is 28.3 Å². The number of aromatic nitrogens is 1. The highest BCUT2D eigenvalue weighted by molar-refractivity contribution is 5.40. The quantitative estimate of drug-likeness (QED) is 0.900. The molecule has 0 spiro atoms. The van der Waals surface area contributed by atoms with E-state index in [1.165, 1.54) is 11.1 Å². The lowest BCUT2D eigenvalue weighted by molar-refractivity contribution is 0.390. The van der Waals surface area contributed by atoms with E-state index in [1.807, 2.05) is 12.1 Å². The fourth-order valence-corrected chi connectivity index (χ4v) is 1.95. The zero-order valence-corrected chi connectivity index (χ0v) is 11.0. The van der Waals surface area contributed by atoms with Gasteiger partial charge in [0.1, 0.15) is 0 Å². The molecule has 94 valence electrons. The summed E-state index contributed by atoms with van der Waals surface area (Å²) in [6, 6.07) is 9.87. The molecule has 2 rings (SSSR count). The van der Waals surface area contributed by atoms with Crippen LogP contribution in [0.25, 0.3) is 0 Å². The molecule has 3 nitrogen and oxygen atoms in total. The van der Waals surface area contributed by atoms with Gasteiger partial charge in [0.25, 0.3) is 0 Å². The molecular weight excluding hydrogens is 224 g/mol. The highest BCUT2D eigenvalue weighted by atomic mass is 16.5. The summed E-state index contributed by atoms with van der Waals surface area (Å²) in [5.74, 6) is 0.586. The number of hydrogen-bond acceptors (Lipinski definition) is 3. The first-order valence-corrected chi connectivity index (χ1v) is 5.95. The van der Waals surface area contributed by atoms with Crippen molar-refractivity contribution in [2.24, 2.45) is 5.73 Å². The van der Waals surface area contributed by atoms with Crippen LogP contribution in [-0.4, -0.2) is 12.1 Å². The zero-order chi connectivity index (χ0) is 13.1. The SMILES string of the molecule is COc1ncccc1C(N)c1ccc(C)c(C)c1. The number of benzene rings is 1. The number of methoxy groups -OCH3 is 1. The van der Waals surface area contributed by atoms with Crippen molar-refractivity contribution in [1.82, 2.24) is 4.98 Å². The summed E-state index contributed by atoms with van der Waals surface area (Å²) in [6.45, 7) is 4.18. The topological polar surface area (TPSA) is 48.1 Å². The lowest BCUT2D eigenvalue weighted by atomic mass is 9.97. The normalized spacial score (nSPS) is 12.2. The molecule has 1 atom stereocenters. The molecule has 0 saturated carbocycles. The van der Waals surface area contributed by atoms with Crippen LogP contribution in [0.4, 0.5) is 0 Å². The van der Waals surface area contributed by atoms with Crippen molar-refractivity contribution in [3.05, 3.63) is 58.8 Å². The molecular formula is C15H18N2O. The monoisotopic (exact) mass is 242 g/mol. The predicted octanol–water partition coefficient (Wildman–Crippen LogP) is 2.76. The minimum atomic E-state index is -0.215. The van der Waals surface area contributed by atoms with E-state index in [2.05, 4.69) is 37.0 Å². The molecule has 0 bridgehead atoms. The second kappa shape index (κ2) is 5.19. The Kier molecular flexibility index (Phi) is 3.63. The Bertz CT molecular complexity index is 552. The molecule has 0 saturated heterocycles. The van der Waals surface area contributed by atoms with E-state index in [-0.39, 0.29) is 6.04 Å². The number of rotatable bonds is 3. The Labute approximate surface area is 108 Å². The zero-order valence-electron chi connectivity index (χ0n) is 11.0. The number of hydrogen-bond donors (Lipinski definition) is 1. The fraction of sp³-hybridized carbons (Fsp3) is 0.267.